The van der Waals surface area contributed by atoms with Gasteiger partial charge in [-0.25, -0.2) is 0 Å². The fourth-order valence-electron chi connectivity index (χ4n) is 8.62. The van der Waals surface area contributed by atoms with Crippen LogP contribution in [0.4, 0.5) is 0 Å². The van der Waals surface area contributed by atoms with E-state index in [2.05, 4.69) is 5.32 Å². The van der Waals surface area contributed by atoms with Crippen molar-refractivity contribution in [3.63, 3.8) is 0 Å². The van der Waals surface area contributed by atoms with Crippen molar-refractivity contribution in [1.29, 1.82) is 0 Å². The van der Waals surface area contributed by atoms with Crippen LogP contribution in [0.25, 0.3) is 0 Å². The zero-order valence-electron chi connectivity index (χ0n) is 39.7. The molecule has 3 saturated heterocycles. The molecule has 0 saturated carbocycles. The summed E-state index contributed by atoms with van der Waals surface area (Å²) in [5, 5.41) is 112. The molecule has 390 valence electrons. The second-order valence-electron chi connectivity index (χ2n) is 18.8. The summed E-state index contributed by atoms with van der Waals surface area (Å²) >= 11 is 0. The number of hydrogen-bond donors (Lipinski definition) is 12. The molecule has 2 bridgehead atoms. The SMILES string of the molecule is C[C@H]1C[C@H](O)[C@@H](C)/C=C/C=C/C=C/C=C/C=C/C=C/C=C/C(O[C@@H]2OC[C@@H](O)[C@H](N)[C@@H]2O)C[C@@H]2OC(O)(CC(O)CC(O)C(O)CCC(O)CC(O)CC(=O)O1)C[C@H](O)[C@H]2C(=O)NCC1CCOC1. The van der Waals surface area contributed by atoms with Gasteiger partial charge < -0.3 is 85.8 Å². The summed E-state index contributed by atoms with van der Waals surface area (Å²) in [7, 11) is 0. The molecule has 8 unspecified atom stereocenters. The lowest BCUT2D eigenvalue weighted by molar-refractivity contribution is -0.304. The highest BCUT2D eigenvalue weighted by Crippen LogP contribution is 2.38. The van der Waals surface area contributed by atoms with Crippen molar-refractivity contribution >= 4 is 11.9 Å². The Hall–Kier alpha value is -3.48. The summed E-state index contributed by atoms with van der Waals surface area (Å²) in [6.45, 7) is 4.48. The third-order valence-corrected chi connectivity index (χ3v) is 12.7. The molecule has 4 aliphatic heterocycles. The summed E-state index contributed by atoms with van der Waals surface area (Å²) in [5.74, 6) is -5.01. The number of amides is 1. The minimum absolute atomic E-state index is 0.0489. The number of fused-ring (bicyclic) bond motifs is 2. The van der Waals surface area contributed by atoms with Gasteiger partial charge in [0.05, 0.1) is 92.6 Å². The van der Waals surface area contributed by atoms with Crippen LogP contribution >= 0.6 is 0 Å². The summed E-state index contributed by atoms with van der Waals surface area (Å²) < 4.78 is 28.8. The largest absolute Gasteiger partial charge is 0.462 e. The van der Waals surface area contributed by atoms with Crippen molar-refractivity contribution in [2.45, 2.75) is 169 Å². The van der Waals surface area contributed by atoms with E-state index < -0.39 is 135 Å². The smallest absolute Gasteiger partial charge is 0.308 e. The molecule has 0 aromatic rings. The van der Waals surface area contributed by atoms with Gasteiger partial charge in [-0.05, 0) is 32.6 Å². The molecule has 13 N–H and O–H groups in total. The Kier molecular flexibility index (Phi) is 25.1. The van der Waals surface area contributed by atoms with Crippen LogP contribution in [-0.4, -0.2) is 181 Å². The van der Waals surface area contributed by atoms with E-state index in [4.69, 9.17) is 29.4 Å². The highest BCUT2D eigenvalue weighted by Gasteiger charge is 2.50. The zero-order valence-corrected chi connectivity index (χ0v) is 39.7. The van der Waals surface area contributed by atoms with Gasteiger partial charge >= 0.3 is 5.97 Å². The fraction of sp³-hybridized carbons (Fsp3) is 0.680. The molecule has 69 heavy (non-hydrogen) atoms. The van der Waals surface area contributed by atoms with Gasteiger partial charge in [0.1, 0.15) is 12.2 Å². The van der Waals surface area contributed by atoms with E-state index >= 15 is 0 Å². The zero-order chi connectivity index (χ0) is 50.5. The van der Waals surface area contributed by atoms with Crippen LogP contribution in [0.3, 0.4) is 0 Å². The maximum Gasteiger partial charge on any atom is 0.308 e. The van der Waals surface area contributed by atoms with E-state index in [1.807, 2.05) is 43.4 Å². The number of cyclic esters (lactones) is 1. The van der Waals surface area contributed by atoms with Gasteiger partial charge in [0.2, 0.25) is 5.91 Å². The number of carbonyl (C=O) groups is 2. The first kappa shape index (κ1) is 58.1. The molecule has 0 aliphatic carbocycles. The van der Waals surface area contributed by atoms with Crippen molar-refractivity contribution in [1.82, 2.24) is 5.32 Å². The molecule has 4 heterocycles. The minimum Gasteiger partial charge on any atom is -0.462 e. The van der Waals surface area contributed by atoms with Crippen molar-refractivity contribution in [3.05, 3.63) is 85.1 Å². The topological polar surface area (TPSA) is 321 Å². The number of aliphatic hydroxyl groups is 10. The number of carbonyl (C=O) groups excluding carboxylic acids is 2. The molecule has 0 spiro atoms. The second-order valence-corrected chi connectivity index (χ2v) is 18.8. The number of nitrogens with two attached hydrogens (primary N) is 1. The maximum atomic E-state index is 13.9. The molecule has 1 amide bonds. The molecule has 19 heteroatoms. The van der Waals surface area contributed by atoms with Crippen LogP contribution < -0.4 is 11.1 Å². The van der Waals surface area contributed by atoms with Gasteiger partial charge in [0.25, 0.3) is 0 Å². The number of nitrogens with one attached hydrogen (secondary N) is 1. The van der Waals surface area contributed by atoms with Crippen molar-refractivity contribution in [3.8, 4) is 0 Å². The Bertz CT molecular complexity index is 1750. The number of allylic oxidation sites excluding steroid dienone is 12. The Labute approximate surface area is 404 Å². The number of aliphatic hydroxyl groups excluding tert-OH is 9. The molecule has 19 nitrogen and oxygen atoms in total. The van der Waals surface area contributed by atoms with E-state index in [0.29, 0.717) is 13.2 Å². The first-order valence-electron chi connectivity index (χ1n) is 24.1. The van der Waals surface area contributed by atoms with Crippen LogP contribution in [0.2, 0.25) is 0 Å². The highest BCUT2D eigenvalue weighted by molar-refractivity contribution is 5.80. The molecule has 4 aliphatic rings. The molecule has 0 radical (unpaired) electrons. The van der Waals surface area contributed by atoms with Crippen LogP contribution in [0.1, 0.15) is 78.1 Å². The Morgan fingerprint density at radius 3 is 1.99 bits per heavy atom. The molecular weight excluding hydrogens is 901 g/mol. The summed E-state index contributed by atoms with van der Waals surface area (Å²) in [6.07, 6.45) is 6.78. The van der Waals surface area contributed by atoms with Gasteiger partial charge in [-0.2, -0.15) is 0 Å². The summed E-state index contributed by atoms with van der Waals surface area (Å²) in [4.78, 5) is 26.4. The van der Waals surface area contributed by atoms with Gasteiger partial charge in [-0.3, -0.25) is 9.59 Å². The van der Waals surface area contributed by atoms with Crippen LogP contribution in [0.15, 0.2) is 85.1 Å². The van der Waals surface area contributed by atoms with Gasteiger partial charge in [-0.15, -0.1) is 0 Å². The van der Waals surface area contributed by atoms with Crippen molar-refractivity contribution in [2.75, 3.05) is 26.4 Å². The Morgan fingerprint density at radius 1 is 0.710 bits per heavy atom. The third-order valence-electron chi connectivity index (χ3n) is 12.7. The van der Waals surface area contributed by atoms with E-state index in [0.717, 1.165) is 6.42 Å². The number of hydrogen-bond acceptors (Lipinski definition) is 18. The maximum absolute atomic E-state index is 13.9. The predicted octanol–water partition coefficient (Wildman–Crippen LogP) is 0.145. The summed E-state index contributed by atoms with van der Waals surface area (Å²) in [5.41, 5.74) is 6.02. The Morgan fingerprint density at radius 2 is 1.35 bits per heavy atom. The Balaban J connectivity index is 1.57. The number of esters is 1. The van der Waals surface area contributed by atoms with Gasteiger partial charge in [0, 0.05) is 57.1 Å². The quantitative estimate of drug-likeness (QED) is 0.163. The summed E-state index contributed by atoms with van der Waals surface area (Å²) in [6, 6.07) is -1.10. The first-order chi connectivity index (χ1) is 32.8. The van der Waals surface area contributed by atoms with Crippen LogP contribution in [0.5, 0.6) is 0 Å². The van der Waals surface area contributed by atoms with E-state index in [1.54, 1.807) is 55.5 Å². The average Bonchev–Trinajstić information content (AvgIpc) is 3.80. The normalized spacial score (nSPS) is 43.6. The number of ether oxygens (including phenoxy) is 5. The lowest BCUT2D eigenvalue weighted by Crippen LogP contribution is -2.59. The molecule has 0 aromatic carbocycles. The number of rotatable bonds is 5. The molecule has 4 rings (SSSR count). The highest BCUT2D eigenvalue weighted by atomic mass is 16.7. The lowest BCUT2D eigenvalue weighted by atomic mass is 9.82. The molecule has 0 aromatic heterocycles. The van der Waals surface area contributed by atoms with Crippen molar-refractivity contribution in [2.24, 2.45) is 23.5 Å². The molecule has 18 atom stereocenters. The molecular formula is C50H78N2O17. The second kappa shape index (κ2) is 29.8. The fourth-order valence-corrected chi connectivity index (χ4v) is 8.62. The van der Waals surface area contributed by atoms with Crippen LogP contribution in [0, 0.1) is 17.8 Å². The third kappa shape index (κ3) is 20.6. The first-order valence-corrected chi connectivity index (χ1v) is 24.1. The predicted molar refractivity (Wildman–Crippen MR) is 252 cm³/mol. The lowest BCUT2D eigenvalue weighted by Gasteiger charge is -2.45. The van der Waals surface area contributed by atoms with Crippen LogP contribution in [-0.2, 0) is 33.3 Å². The molecule has 3 fully saturated rings. The monoisotopic (exact) mass is 979 g/mol. The van der Waals surface area contributed by atoms with Gasteiger partial charge in [0.15, 0.2) is 12.1 Å². The standard InChI is InChI=1S/C50H78N2O17/c1-31-15-13-11-9-7-5-3-4-6-8-10-12-14-16-37(68-49-47(62)46(51)42(60)30-66-49)25-43-45(48(63)52-28-33-19-20-65-29-33)41(59)27-50(64,69-43)26-36(55)23-40(58)38(56)18-17-34(53)22-35(54)24-44(61)67-32(2)21-39(31)57/h3-16,31-43,45-47,49,53-60,62,64H,17-30,51H2,1-2H3,(H,52,63)/b4-3+,7-5+,8-6+,11-9+,12-10+,15-13+,16-14+/t31-,32-,33?,34?,35?,36?,37?,38?,39-,40?,41-,42+,43-,45+,46-,47-,49-,50?/m0/s1. The minimum atomic E-state index is -2.26. The van der Waals surface area contributed by atoms with E-state index in [-0.39, 0.29) is 57.1 Å². The van der Waals surface area contributed by atoms with E-state index in [1.165, 1.54) is 0 Å². The van der Waals surface area contributed by atoms with Gasteiger partial charge in [-0.1, -0.05) is 92.0 Å². The van der Waals surface area contributed by atoms with E-state index in [9.17, 15) is 60.7 Å². The van der Waals surface area contributed by atoms with Crippen molar-refractivity contribution < 1.29 is 84.3 Å². The average molecular weight is 979 g/mol.